The van der Waals surface area contributed by atoms with E-state index in [0.29, 0.717) is 22.9 Å². The van der Waals surface area contributed by atoms with Crippen LogP contribution in [0.5, 0.6) is 0 Å². The van der Waals surface area contributed by atoms with E-state index in [1.807, 2.05) is 6.07 Å². The number of nitrogens with zero attached hydrogens (tertiary/aromatic N) is 6. The molecule has 0 spiro atoms. The number of rotatable bonds is 2. The zero-order valence-electron chi connectivity index (χ0n) is 14.8. The molecule has 0 bridgehead atoms. The summed E-state index contributed by atoms with van der Waals surface area (Å²) in [6.45, 7) is 4.23. The van der Waals surface area contributed by atoms with Gasteiger partial charge in [-0.2, -0.15) is 9.61 Å². The number of H-pyrrole nitrogens is 1. The predicted molar refractivity (Wildman–Crippen MR) is 103 cm³/mol. The number of nitrogen functional groups attached to an aromatic ring is 1. The van der Waals surface area contributed by atoms with Crippen LogP contribution in [0.25, 0.3) is 38.9 Å². The van der Waals surface area contributed by atoms with Gasteiger partial charge in [-0.3, -0.25) is 0 Å². The molecule has 3 aromatic heterocycles. The van der Waals surface area contributed by atoms with Gasteiger partial charge in [-0.1, -0.05) is 30.3 Å². The van der Waals surface area contributed by atoms with Crippen molar-refractivity contribution in [3.63, 3.8) is 0 Å². The van der Waals surface area contributed by atoms with Crippen LogP contribution >= 0.6 is 0 Å². The number of aryl methyl sites for hydroxylation is 2. The highest BCUT2D eigenvalue weighted by atomic mass is 15.5. The van der Waals surface area contributed by atoms with Crippen LogP contribution in [0.1, 0.15) is 11.1 Å². The summed E-state index contributed by atoms with van der Waals surface area (Å²) >= 11 is 0. The Hall–Kier alpha value is -3.81. The molecule has 0 saturated heterocycles. The van der Waals surface area contributed by atoms with Gasteiger partial charge in [0, 0.05) is 11.8 Å². The van der Waals surface area contributed by atoms with Gasteiger partial charge in [0.05, 0.1) is 11.8 Å². The fourth-order valence-corrected chi connectivity index (χ4v) is 3.38. The molecule has 0 saturated carbocycles. The van der Waals surface area contributed by atoms with Crippen LogP contribution in [0.3, 0.4) is 0 Å². The highest BCUT2D eigenvalue weighted by Gasteiger charge is 2.17. The Labute approximate surface area is 154 Å². The van der Waals surface area contributed by atoms with E-state index >= 15 is 0 Å². The number of fused-ring (bicyclic) bond motifs is 2. The van der Waals surface area contributed by atoms with Crippen molar-refractivity contribution in [3.05, 3.63) is 53.9 Å². The van der Waals surface area contributed by atoms with E-state index in [1.165, 1.54) is 16.5 Å². The summed E-state index contributed by atoms with van der Waals surface area (Å²) in [7, 11) is 0. The van der Waals surface area contributed by atoms with Crippen molar-refractivity contribution in [1.29, 1.82) is 0 Å². The summed E-state index contributed by atoms with van der Waals surface area (Å²) in [4.78, 5) is 4.59. The van der Waals surface area contributed by atoms with Gasteiger partial charge in [0.25, 0.3) is 0 Å². The smallest absolute Gasteiger partial charge is 0.184 e. The summed E-state index contributed by atoms with van der Waals surface area (Å²) in [5, 5.41) is 20.6. The molecular formula is C19H16N8. The van der Waals surface area contributed by atoms with Crippen LogP contribution in [-0.4, -0.2) is 35.2 Å². The summed E-state index contributed by atoms with van der Waals surface area (Å²) in [6, 6.07) is 10.6. The van der Waals surface area contributed by atoms with Gasteiger partial charge >= 0.3 is 0 Å². The van der Waals surface area contributed by atoms with Crippen LogP contribution in [0, 0.1) is 13.8 Å². The molecule has 5 rings (SSSR count). The van der Waals surface area contributed by atoms with E-state index < -0.39 is 0 Å². The van der Waals surface area contributed by atoms with Crippen LogP contribution < -0.4 is 5.73 Å². The molecule has 0 aliphatic carbocycles. The fraction of sp³-hybridized carbons (Fsp3) is 0.105. The molecule has 0 unspecified atom stereocenters. The lowest BCUT2D eigenvalue weighted by atomic mass is 9.96. The zero-order chi connectivity index (χ0) is 18.5. The largest absolute Gasteiger partial charge is 0.383 e. The van der Waals surface area contributed by atoms with E-state index in [0.717, 1.165) is 16.5 Å². The van der Waals surface area contributed by atoms with Crippen molar-refractivity contribution in [2.75, 3.05) is 5.73 Å². The lowest BCUT2D eigenvalue weighted by Crippen LogP contribution is -2.03. The number of hydrogen-bond acceptors (Lipinski definition) is 6. The molecule has 5 aromatic rings. The lowest BCUT2D eigenvalue weighted by Gasteiger charge is -2.12. The number of anilines is 1. The molecule has 8 heteroatoms. The minimum atomic E-state index is 0.501. The first-order chi connectivity index (χ1) is 13.1. The van der Waals surface area contributed by atoms with Gasteiger partial charge in [-0.15, -0.1) is 5.10 Å². The lowest BCUT2D eigenvalue weighted by molar-refractivity contribution is 0.881. The van der Waals surface area contributed by atoms with E-state index in [-0.39, 0.29) is 0 Å². The number of nitrogens with two attached hydrogens (primary N) is 1. The monoisotopic (exact) mass is 356 g/mol. The maximum Gasteiger partial charge on any atom is 0.184 e. The van der Waals surface area contributed by atoms with Crippen molar-refractivity contribution in [2.45, 2.75) is 13.8 Å². The van der Waals surface area contributed by atoms with Crippen LogP contribution in [0.2, 0.25) is 0 Å². The maximum absolute atomic E-state index is 6.48. The topological polar surface area (TPSA) is 111 Å². The normalized spacial score (nSPS) is 11.5. The van der Waals surface area contributed by atoms with Gasteiger partial charge in [0.1, 0.15) is 5.82 Å². The number of aromatic amines is 1. The Morgan fingerprint density at radius 2 is 1.85 bits per heavy atom. The van der Waals surface area contributed by atoms with E-state index in [1.54, 1.807) is 16.9 Å². The maximum atomic E-state index is 6.48. The number of nitrogens with one attached hydrogen (secondary N) is 1. The molecule has 27 heavy (non-hydrogen) atoms. The molecule has 0 aliphatic heterocycles. The van der Waals surface area contributed by atoms with Gasteiger partial charge in [0.15, 0.2) is 11.5 Å². The minimum absolute atomic E-state index is 0.501. The van der Waals surface area contributed by atoms with Crippen molar-refractivity contribution < 1.29 is 0 Å². The Kier molecular flexibility index (Phi) is 3.20. The summed E-state index contributed by atoms with van der Waals surface area (Å²) in [5.41, 5.74) is 12.1. The second kappa shape index (κ2) is 5.60. The van der Waals surface area contributed by atoms with Crippen molar-refractivity contribution in [1.82, 2.24) is 35.2 Å². The Morgan fingerprint density at radius 3 is 2.67 bits per heavy atom. The average Bonchev–Trinajstić information content (AvgIpc) is 3.32. The predicted octanol–water partition coefficient (Wildman–Crippen LogP) is 2.93. The first-order valence-corrected chi connectivity index (χ1v) is 8.50. The highest BCUT2D eigenvalue weighted by molar-refractivity contribution is 5.99. The SMILES string of the molecule is Cc1cc2cccc(-c3cnc4c(-c5nnn[nH]5)cnn4c3N)c2cc1C. The van der Waals surface area contributed by atoms with E-state index in [2.05, 4.69) is 68.8 Å². The van der Waals surface area contributed by atoms with Crippen molar-refractivity contribution in [2.24, 2.45) is 0 Å². The quantitative estimate of drug-likeness (QED) is 0.503. The molecule has 3 heterocycles. The third-order valence-corrected chi connectivity index (χ3v) is 4.95. The van der Waals surface area contributed by atoms with Crippen molar-refractivity contribution in [3.8, 4) is 22.5 Å². The first kappa shape index (κ1) is 15.4. The van der Waals surface area contributed by atoms with Crippen LogP contribution in [-0.2, 0) is 0 Å². The number of benzene rings is 2. The molecule has 0 fully saturated rings. The summed E-state index contributed by atoms with van der Waals surface area (Å²) in [5.74, 6) is 1.02. The highest BCUT2D eigenvalue weighted by Crippen LogP contribution is 2.34. The molecule has 0 amide bonds. The van der Waals surface area contributed by atoms with Gasteiger partial charge < -0.3 is 5.73 Å². The van der Waals surface area contributed by atoms with Gasteiger partial charge in [0.2, 0.25) is 0 Å². The molecule has 8 nitrogen and oxygen atoms in total. The Bertz CT molecular complexity index is 1300. The van der Waals surface area contributed by atoms with Crippen LogP contribution in [0.4, 0.5) is 5.82 Å². The fourth-order valence-electron chi connectivity index (χ4n) is 3.38. The molecule has 0 atom stereocenters. The minimum Gasteiger partial charge on any atom is -0.383 e. The second-order valence-corrected chi connectivity index (χ2v) is 6.56. The second-order valence-electron chi connectivity index (χ2n) is 6.56. The van der Waals surface area contributed by atoms with Gasteiger partial charge in [-0.25, -0.2) is 10.1 Å². The molecule has 132 valence electrons. The standard InChI is InChI=1S/C19H16N8/c1-10-6-12-4-3-5-13(14(12)7-11(10)2)15-8-21-19-16(18-23-25-26-24-18)9-22-27(19)17(15)20/h3-9H,20H2,1-2H3,(H,23,24,25,26). The molecular weight excluding hydrogens is 340 g/mol. The van der Waals surface area contributed by atoms with Gasteiger partial charge in [-0.05, 0) is 51.7 Å². The third kappa shape index (κ3) is 2.27. The summed E-state index contributed by atoms with van der Waals surface area (Å²) < 4.78 is 1.62. The number of aromatic nitrogens is 7. The van der Waals surface area contributed by atoms with E-state index in [4.69, 9.17) is 5.73 Å². The Balaban J connectivity index is 1.76. The molecule has 3 N–H and O–H groups in total. The zero-order valence-corrected chi connectivity index (χ0v) is 14.8. The Morgan fingerprint density at radius 1 is 1.00 bits per heavy atom. The summed E-state index contributed by atoms with van der Waals surface area (Å²) in [6.07, 6.45) is 3.44. The average molecular weight is 356 g/mol. The third-order valence-electron chi connectivity index (χ3n) is 4.95. The van der Waals surface area contributed by atoms with Crippen molar-refractivity contribution >= 4 is 22.2 Å². The molecule has 0 radical (unpaired) electrons. The number of tetrazole rings is 1. The molecule has 2 aromatic carbocycles. The van der Waals surface area contributed by atoms with E-state index in [9.17, 15) is 0 Å². The number of hydrogen-bond donors (Lipinski definition) is 2. The first-order valence-electron chi connectivity index (χ1n) is 8.50. The molecule has 0 aliphatic rings. The van der Waals surface area contributed by atoms with Crippen LogP contribution in [0.15, 0.2) is 42.7 Å².